The van der Waals surface area contributed by atoms with Gasteiger partial charge in [-0.25, -0.2) is 0 Å². The number of nitrogens with zero attached hydrogens (tertiary/aromatic N) is 2. The van der Waals surface area contributed by atoms with Gasteiger partial charge >= 0.3 is 0 Å². The SMILES string of the molecule is CN(C)CC[N+](C)(C)Cc1ccc(OCc2ccccc2)cc1.[Cl-]. The van der Waals surface area contributed by atoms with E-state index in [-0.39, 0.29) is 12.4 Å². The van der Waals surface area contributed by atoms with Gasteiger partial charge in [0.25, 0.3) is 0 Å². The molecule has 3 nitrogen and oxygen atoms in total. The van der Waals surface area contributed by atoms with E-state index in [1.807, 2.05) is 18.2 Å². The Balaban J connectivity index is 0.00000288. The second-order valence-electron chi connectivity index (χ2n) is 7.04. The van der Waals surface area contributed by atoms with Crippen molar-refractivity contribution in [3.05, 3.63) is 65.7 Å². The van der Waals surface area contributed by atoms with Crippen LogP contribution >= 0.6 is 0 Å². The number of rotatable bonds is 8. The number of quaternary nitrogens is 1. The fourth-order valence-electron chi connectivity index (χ4n) is 2.48. The summed E-state index contributed by atoms with van der Waals surface area (Å²) >= 11 is 0. The molecule has 0 atom stereocenters. The minimum atomic E-state index is 0. The van der Waals surface area contributed by atoms with E-state index < -0.39 is 0 Å². The summed E-state index contributed by atoms with van der Waals surface area (Å²) in [7, 11) is 8.81. The lowest BCUT2D eigenvalue weighted by Gasteiger charge is -2.31. The second-order valence-corrected chi connectivity index (χ2v) is 7.04. The molecular weight excluding hydrogens is 320 g/mol. The smallest absolute Gasteiger partial charge is 0.119 e. The van der Waals surface area contributed by atoms with Gasteiger partial charge in [0.2, 0.25) is 0 Å². The zero-order valence-corrected chi connectivity index (χ0v) is 16.0. The summed E-state index contributed by atoms with van der Waals surface area (Å²) < 4.78 is 6.83. The van der Waals surface area contributed by atoms with Gasteiger partial charge in [0.1, 0.15) is 18.9 Å². The van der Waals surface area contributed by atoms with E-state index in [4.69, 9.17) is 4.74 Å². The Labute approximate surface area is 152 Å². The van der Waals surface area contributed by atoms with Crippen molar-refractivity contribution in [1.82, 2.24) is 4.90 Å². The zero-order chi connectivity index (χ0) is 16.7. The number of hydrogen-bond donors (Lipinski definition) is 0. The van der Waals surface area contributed by atoms with Crippen LogP contribution in [0.4, 0.5) is 0 Å². The predicted octanol–water partition coefficient (Wildman–Crippen LogP) is 0.408. The van der Waals surface area contributed by atoms with Gasteiger partial charge in [-0.1, -0.05) is 30.3 Å². The average Bonchev–Trinajstić information content (AvgIpc) is 2.53. The Kier molecular flexibility index (Phi) is 8.26. The molecule has 0 amide bonds. The molecule has 0 aliphatic rings. The lowest BCUT2D eigenvalue weighted by Crippen LogP contribution is -3.00. The monoisotopic (exact) mass is 348 g/mol. The first-order valence-corrected chi connectivity index (χ1v) is 8.17. The Morgan fingerprint density at radius 3 is 2.08 bits per heavy atom. The van der Waals surface area contributed by atoms with Crippen LogP contribution in [0, 0.1) is 0 Å². The fraction of sp³-hybridized carbons (Fsp3) is 0.400. The Bertz CT molecular complexity index is 582. The maximum atomic E-state index is 5.84. The van der Waals surface area contributed by atoms with E-state index in [9.17, 15) is 0 Å². The highest BCUT2D eigenvalue weighted by Gasteiger charge is 2.15. The molecule has 0 saturated heterocycles. The van der Waals surface area contributed by atoms with Gasteiger partial charge < -0.3 is 26.5 Å². The third-order valence-corrected chi connectivity index (χ3v) is 3.93. The molecule has 0 saturated carbocycles. The summed E-state index contributed by atoms with van der Waals surface area (Å²) in [5.41, 5.74) is 2.54. The van der Waals surface area contributed by atoms with Crippen molar-refractivity contribution in [2.75, 3.05) is 41.3 Å². The van der Waals surface area contributed by atoms with Crippen molar-refractivity contribution >= 4 is 0 Å². The first-order chi connectivity index (χ1) is 10.9. The van der Waals surface area contributed by atoms with E-state index in [2.05, 4.69) is 69.5 Å². The maximum Gasteiger partial charge on any atom is 0.119 e. The van der Waals surface area contributed by atoms with Gasteiger partial charge in [-0.2, -0.15) is 0 Å². The largest absolute Gasteiger partial charge is 1.00 e. The van der Waals surface area contributed by atoms with E-state index in [1.54, 1.807) is 0 Å². The summed E-state index contributed by atoms with van der Waals surface area (Å²) in [6.07, 6.45) is 0. The summed E-state index contributed by atoms with van der Waals surface area (Å²) in [5.74, 6) is 0.927. The van der Waals surface area contributed by atoms with Gasteiger partial charge in [-0.05, 0) is 43.9 Å². The molecule has 0 spiro atoms. The molecule has 0 N–H and O–H groups in total. The van der Waals surface area contributed by atoms with Crippen LogP contribution in [0.2, 0.25) is 0 Å². The highest BCUT2D eigenvalue weighted by molar-refractivity contribution is 5.27. The van der Waals surface area contributed by atoms with Gasteiger partial charge in [-0.15, -0.1) is 0 Å². The van der Waals surface area contributed by atoms with Crippen LogP contribution in [0.15, 0.2) is 54.6 Å². The van der Waals surface area contributed by atoms with Gasteiger partial charge in [0, 0.05) is 12.1 Å². The van der Waals surface area contributed by atoms with Crippen LogP contribution in [0.3, 0.4) is 0 Å². The van der Waals surface area contributed by atoms with E-state index in [0.29, 0.717) is 6.61 Å². The van der Waals surface area contributed by atoms with Crippen molar-refractivity contribution in [3.8, 4) is 5.75 Å². The molecule has 0 bridgehead atoms. The molecule has 0 heterocycles. The van der Waals surface area contributed by atoms with Crippen molar-refractivity contribution in [2.24, 2.45) is 0 Å². The summed E-state index contributed by atoms with van der Waals surface area (Å²) in [6.45, 7) is 3.89. The van der Waals surface area contributed by atoms with Crippen molar-refractivity contribution in [1.29, 1.82) is 0 Å². The average molecular weight is 349 g/mol. The maximum absolute atomic E-state index is 5.84. The first-order valence-electron chi connectivity index (χ1n) is 8.17. The number of ether oxygens (including phenoxy) is 1. The second kappa shape index (κ2) is 9.67. The van der Waals surface area contributed by atoms with Crippen LogP contribution in [-0.2, 0) is 13.2 Å². The third-order valence-electron chi connectivity index (χ3n) is 3.93. The van der Waals surface area contributed by atoms with Crippen molar-refractivity contribution in [3.63, 3.8) is 0 Å². The molecule has 2 aromatic rings. The molecule has 2 aromatic carbocycles. The Morgan fingerprint density at radius 1 is 0.875 bits per heavy atom. The first kappa shape index (κ1) is 20.5. The molecule has 0 fully saturated rings. The number of likely N-dealkylation sites (N-methyl/N-ethyl adjacent to an activating group) is 2. The minimum Gasteiger partial charge on any atom is -1.00 e. The van der Waals surface area contributed by atoms with Crippen LogP contribution in [0.25, 0.3) is 0 Å². The molecule has 2 rings (SSSR count). The van der Waals surface area contributed by atoms with Crippen LogP contribution in [0.1, 0.15) is 11.1 Å². The quantitative estimate of drug-likeness (QED) is 0.641. The highest BCUT2D eigenvalue weighted by Crippen LogP contribution is 2.16. The molecule has 0 aliphatic heterocycles. The number of halogens is 1. The van der Waals surface area contributed by atoms with Crippen LogP contribution < -0.4 is 17.1 Å². The zero-order valence-electron chi connectivity index (χ0n) is 15.2. The molecule has 4 heteroatoms. The normalized spacial score (nSPS) is 11.2. The Morgan fingerprint density at radius 2 is 1.50 bits per heavy atom. The van der Waals surface area contributed by atoms with Crippen LogP contribution in [-0.4, -0.2) is 50.7 Å². The van der Waals surface area contributed by atoms with Gasteiger partial charge in [0.05, 0.1) is 20.6 Å². The summed E-state index contributed by atoms with van der Waals surface area (Å²) in [5, 5.41) is 0. The predicted molar refractivity (Wildman–Crippen MR) is 96.4 cm³/mol. The lowest BCUT2D eigenvalue weighted by atomic mass is 10.2. The Hall–Kier alpha value is -1.55. The minimum absolute atomic E-state index is 0. The molecule has 132 valence electrons. The molecule has 0 aliphatic carbocycles. The van der Waals surface area contributed by atoms with Crippen molar-refractivity contribution in [2.45, 2.75) is 13.2 Å². The highest BCUT2D eigenvalue weighted by atomic mass is 35.5. The molecule has 0 aromatic heterocycles. The van der Waals surface area contributed by atoms with Crippen LogP contribution in [0.5, 0.6) is 5.75 Å². The summed E-state index contributed by atoms with van der Waals surface area (Å²) in [6, 6.07) is 18.8. The number of benzene rings is 2. The summed E-state index contributed by atoms with van der Waals surface area (Å²) in [4.78, 5) is 2.24. The molecule has 24 heavy (non-hydrogen) atoms. The van der Waals surface area contributed by atoms with Gasteiger partial charge in [-0.3, -0.25) is 0 Å². The third kappa shape index (κ3) is 7.35. The topological polar surface area (TPSA) is 12.5 Å². The number of hydrogen-bond acceptors (Lipinski definition) is 2. The van der Waals surface area contributed by atoms with E-state index >= 15 is 0 Å². The van der Waals surface area contributed by atoms with Gasteiger partial charge in [0.15, 0.2) is 0 Å². The van der Waals surface area contributed by atoms with E-state index in [1.165, 1.54) is 11.1 Å². The lowest BCUT2D eigenvalue weighted by molar-refractivity contribution is -0.903. The molecule has 0 radical (unpaired) electrons. The standard InChI is InChI=1S/C20H29N2O.ClH/c1-21(2)14-15-22(3,4)16-18-10-12-20(13-11-18)23-17-19-8-6-5-7-9-19;/h5-13H,14-17H2,1-4H3;1H/q+1;/p-1. The molecule has 0 unspecified atom stereocenters. The fourth-order valence-corrected chi connectivity index (χ4v) is 2.48. The molecular formula is C20H29ClN2O. The van der Waals surface area contributed by atoms with Crippen molar-refractivity contribution < 1.29 is 21.6 Å². The van der Waals surface area contributed by atoms with E-state index in [0.717, 1.165) is 29.9 Å².